The summed E-state index contributed by atoms with van der Waals surface area (Å²) in [5.74, 6) is 1.56. The number of allylic oxidation sites excluding steroid dienone is 5. The summed E-state index contributed by atoms with van der Waals surface area (Å²) in [7, 11) is 4.18. The van der Waals surface area contributed by atoms with Gasteiger partial charge in [0.25, 0.3) is 0 Å². The molecule has 0 aliphatic heterocycles. The maximum absolute atomic E-state index is 5.96. The van der Waals surface area contributed by atoms with Crippen LogP contribution in [0.1, 0.15) is 19.4 Å². The van der Waals surface area contributed by atoms with E-state index in [4.69, 9.17) is 4.74 Å². The van der Waals surface area contributed by atoms with Crippen LogP contribution in [-0.2, 0) is 11.3 Å². The third-order valence-electron chi connectivity index (χ3n) is 3.98. The van der Waals surface area contributed by atoms with E-state index in [1.807, 2.05) is 43.4 Å². The number of hydrogen-bond donors (Lipinski definition) is 0. The fourth-order valence-corrected chi connectivity index (χ4v) is 2.79. The summed E-state index contributed by atoms with van der Waals surface area (Å²) in [6.07, 6.45) is 7.98. The van der Waals surface area contributed by atoms with Gasteiger partial charge in [-0.2, -0.15) is 0 Å². The van der Waals surface area contributed by atoms with E-state index in [1.54, 1.807) is 0 Å². The Bertz CT molecular complexity index is 569. The van der Waals surface area contributed by atoms with E-state index in [0.29, 0.717) is 12.5 Å². The van der Waals surface area contributed by atoms with Gasteiger partial charge < -0.3 is 9.64 Å². The van der Waals surface area contributed by atoms with Gasteiger partial charge in [0.2, 0.25) is 0 Å². The number of ether oxygens (including phenoxy) is 1. The molecular formula is C22H31NO. The second-order valence-corrected chi connectivity index (χ2v) is 6.31. The van der Waals surface area contributed by atoms with Crippen molar-refractivity contribution in [3.8, 4) is 0 Å². The molecule has 2 atom stereocenters. The van der Waals surface area contributed by atoms with E-state index < -0.39 is 0 Å². The molecule has 0 saturated heterocycles. The normalized spacial score (nSPS) is 15.0. The van der Waals surface area contributed by atoms with Crippen molar-refractivity contribution < 1.29 is 4.74 Å². The second-order valence-electron chi connectivity index (χ2n) is 6.31. The fraction of sp³-hybridized carbons (Fsp3) is 0.364. The van der Waals surface area contributed by atoms with Crippen molar-refractivity contribution in [1.82, 2.24) is 4.90 Å². The molecule has 24 heavy (non-hydrogen) atoms. The molecule has 0 aromatic heterocycles. The topological polar surface area (TPSA) is 12.5 Å². The van der Waals surface area contributed by atoms with Gasteiger partial charge in [0.1, 0.15) is 12.4 Å². The molecule has 0 amide bonds. The van der Waals surface area contributed by atoms with Crippen LogP contribution >= 0.6 is 0 Å². The first-order valence-corrected chi connectivity index (χ1v) is 8.46. The first-order valence-electron chi connectivity index (χ1n) is 8.46. The summed E-state index contributed by atoms with van der Waals surface area (Å²) in [5.41, 5.74) is 2.30. The molecule has 0 fully saturated rings. The van der Waals surface area contributed by atoms with Gasteiger partial charge in [-0.05, 0) is 50.2 Å². The van der Waals surface area contributed by atoms with Crippen molar-refractivity contribution in [3.63, 3.8) is 0 Å². The minimum atomic E-state index is 0.250. The molecule has 1 aromatic carbocycles. The Morgan fingerprint density at radius 1 is 1.21 bits per heavy atom. The number of hydrogen-bond acceptors (Lipinski definition) is 2. The summed E-state index contributed by atoms with van der Waals surface area (Å²) < 4.78 is 5.96. The summed E-state index contributed by atoms with van der Waals surface area (Å²) in [5, 5.41) is 0. The van der Waals surface area contributed by atoms with Crippen molar-refractivity contribution in [1.29, 1.82) is 0 Å². The molecule has 0 bridgehead atoms. The highest BCUT2D eigenvalue weighted by molar-refractivity contribution is 5.31. The van der Waals surface area contributed by atoms with Crippen LogP contribution < -0.4 is 0 Å². The van der Waals surface area contributed by atoms with Crippen LogP contribution in [0, 0.1) is 11.8 Å². The molecular weight excluding hydrogens is 294 g/mol. The summed E-state index contributed by atoms with van der Waals surface area (Å²) in [6.45, 7) is 13.8. The molecule has 0 saturated carbocycles. The molecule has 1 aromatic rings. The molecule has 0 aliphatic rings. The lowest BCUT2D eigenvalue weighted by atomic mass is 9.86. The predicted octanol–water partition coefficient (Wildman–Crippen LogP) is 5.22. The van der Waals surface area contributed by atoms with E-state index in [1.165, 1.54) is 0 Å². The van der Waals surface area contributed by atoms with Crippen molar-refractivity contribution in [2.45, 2.75) is 20.5 Å². The van der Waals surface area contributed by atoms with Crippen LogP contribution in [0.4, 0.5) is 0 Å². The standard InChI is InChI=1S/C22H31NO/c1-7-20(22(9-3)18(4)16-23(5)6)15-21(8-2)24-17-19-13-11-10-12-14-19/h7-15,18,22H,1,3,16-17H2,2,4-6H3/b20-15+,21-8+/t18-,22?/m0/s1. The second kappa shape index (κ2) is 10.7. The van der Waals surface area contributed by atoms with Crippen molar-refractivity contribution in [2.75, 3.05) is 20.6 Å². The summed E-state index contributed by atoms with van der Waals surface area (Å²) in [6, 6.07) is 10.2. The third kappa shape index (κ3) is 6.59. The average molecular weight is 325 g/mol. The van der Waals surface area contributed by atoms with Crippen LogP contribution in [0.15, 0.2) is 79.1 Å². The van der Waals surface area contributed by atoms with Gasteiger partial charge in [-0.3, -0.25) is 0 Å². The molecule has 1 rings (SSSR count). The van der Waals surface area contributed by atoms with E-state index in [-0.39, 0.29) is 5.92 Å². The van der Waals surface area contributed by atoms with Crippen molar-refractivity contribution in [2.24, 2.45) is 11.8 Å². The van der Waals surface area contributed by atoms with E-state index >= 15 is 0 Å². The van der Waals surface area contributed by atoms with Gasteiger partial charge >= 0.3 is 0 Å². The maximum Gasteiger partial charge on any atom is 0.115 e. The van der Waals surface area contributed by atoms with Gasteiger partial charge in [-0.1, -0.05) is 56.0 Å². The van der Waals surface area contributed by atoms with E-state index in [9.17, 15) is 0 Å². The van der Waals surface area contributed by atoms with Gasteiger partial charge in [0.05, 0.1) is 0 Å². The molecule has 0 spiro atoms. The van der Waals surface area contributed by atoms with Crippen LogP contribution in [0.3, 0.4) is 0 Å². The maximum atomic E-state index is 5.96. The van der Waals surface area contributed by atoms with E-state index in [0.717, 1.165) is 23.4 Å². The highest BCUT2D eigenvalue weighted by atomic mass is 16.5. The molecule has 0 aliphatic carbocycles. The lowest BCUT2D eigenvalue weighted by Gasteiger charge is -2.25. The molecule has 1 unspecified atom stereocenters. The minimum Gasteiger partial charge on any atom is -0.489 e. The zero-order chi connectivity index (χ0) is 17.9. The van der Waals surface area contributed by atoms with Crippen LogP contribution in [0.2, 0.25) is 0 Å². The molecule has 0 heterocycles. The first kappa shape index (κ1) is 20.0. The zero-order valence-electron chi connectivity index (χ0n) is 15.5. The lowest BCUT2D eigenvalue weighted by molar-refractivity contribution is 0.210. The SMILES string of the molecule is C=C/C(=C\C(=C/C)OCc1ccccc1)C(C=C)[C@@H](C)CN(C)C. The Kier molecular flexibility index (Phi) is 8.88. The Morgan fingerprint density at radius 3 is 2.38 bits per heavy atom. The smallest absolute Gasteiger partial charge is 0.115 e. The van der Waals surface area contributed by atoms with Gasteiger partial charge in [0.15, 0.2) is 0 Å². The molecule has 2 heteroatoms. The Balaban J connectivity index is 2.85. The largest absolute Gasteiger partial charge is 0.489 e. The van der Waals surface area contributed by atoms with Gasteiger partial charge in [-0.15, -0.1) is 6.58 Å². The summed E-state index contributed by atoms with van der Waals surface area (Å²) in [4.78, 5) is 2.20. The van der Waals surface area contributed by atoms with Gasteiger partial charge in [-0.25, -0.2) is 0 Å². The van der Waals surface area contributed by atoms with Crippen molar-refractivity contribution >= 4 is 0 Å². The predicted molar refractivity (Wildman–Crippen MR) is 105 cm³/mol. The Labute approximate surface area is 147 Å². The van der Waals surface area contributed by atoms with Gasteiger partial charge in [0, 0.05) is 12.5 Å². The Hall–Kier alpha value is -2.06. The molecule has 130 valence electrons. The highest BCUT2D eigenvalue weighted by Gasteiger charge is 2.18. The number of nitrogens with zero attached hydrogens (tertiary/aromatic N) is 1. The monoisotopic (exact) mass is 325 g/mol. The number of benzene rings is 1. The van der Waals surface area contributed by atoms with Crippen LogP contribution in [0.5, 0.6) is 0 Å². The summed E-state index contributed by atoms with van der Waals surface area (Å²) >= 11 is 0. The highest BCUT2D eigenvalue weighted by Crippen LogP contribution is 2.25. The first-order chi connectivity index (χ1) is 11.5. The van der Waals surface area contributed by atoms with Crippen LogP contribution in [-0.4, -0.2) is 25.5 Å². The Morgan fingerprint density at radius 2 is 1.88 bits per heavy atom. The zero-order valence-corrected chi connectivity index (χ0v) is 15.5. The molecule has 0 radical (unpaired) electrons. The fourth-order valence-electron chi connectivity index (χ4n) is 2.79. The van der Waals surface area contributed by atoms with Crippen LogP contribution in [0.25, 0.3) is 0 Å². The molecule has 0 N–H and O–H groups in total. The lowest BCUT2D eigenvalue weighted by Crippen LogP contribution is -2.25. The van der Waals surface area contributed by atoms with E-state index in [2.05, 4.69) is 57.3 Å². The third-order valence-corrected chi connectivity index (χ3v) is 3.98. The number of rotatable bonds is 10. The minimum absolute atomic E-state index is 0.250. The van der Waals surface area contributed by atoms with Crippen molar-refractivity contribution in [3.05, 3.63) is 84.7 Å². The quantitative estimate of drug-likeness (QED) is 0.332. The molecule has 2 nitrogen and oxygen atoms in total. The average Bonchev–Trinajstić information content (AvgIpc) is 2.57.